The van der Waals surface area contributed by atoms with Gasteiger partial charge in [-0.15, -0.1) is 11.3 Å². The smallest absolute Gasteiger partial charge is 0.275 e. The molecule has 0 fully saturated rings. The Kier molecular flexibility index (Phi) is 4.94. The van der Waals surface area contributed by atoms with E-state index in [0.29, 0.717) is 11.9 Å². The van der Waals surface area contributed by atoms with Crippen LogP contribution in [0.15, 0.2) is 34.6 Å². The number of carbonyl (C=O) groups is 1. The molecular formula is C18H20N4O2S. The molecule has 1 aromatic carbocycles. The van der Waals surface area contributed by atoms with Gasteiger partial charge in [0.15, 0.2) is 0 Å². The summed E-state index contributed by atoms with van der Waals surface area (Å²) in [6, 6.07) is 7.33. The van der Waals surface area contributed by atoms with Gasteiger partial charge >= 0.3 is 0 Å². The molecule has 0 aliphatic carbocycles. The van der Waals surface area contributed by atoms with Gasteiger partial charge in [-0.3, -0.25) is 9.59 Å². The molecule has 0 radical (unpaired) electrons. The van der Waals surface area contributed by atoms with Crippen molar-refractivity contribution in [3.8, 4) is 0 Å². The van der Waals surface area contributed by atoms with Gasteiger partial charge in [0, 0.05) is 30.3 Å². The number of fused-ring (bicyclic) bond motifs is 1. The Morgan fingerprint density at radius 3 is 2.60 bits per heavy atom. The lowest BCUT2D eigenvalue weighted by Gasteiger charge is -2.17. The van der Waals surface area contributed by atoms with Crippen molar-refractivity contribution in [1.29, 1.82) is 0 Å². The highest BCUT2D eigenvalue weighted by Gasteiger charge is 2.14. The number of aryl methyl sites for hydroxylation is 2. The number of nitrogens with zero attached hydrogens (tertiary/aromatic N) is 4. The predicted molar refractivity (Wildman–Crippen MR) is 98.9 cm³/mol. The molecule has 130 valence electrons. The summed E-state index contributed by atoms with van der Waals surface area (Å²) in [6.07, 6.45) is 0.762. The second-order valence-corrected chi connectivity index (χ2v) is 6.96. The SMILES string of the molecule is Cc1ncsc1CCN(C)C(=O)Cn1nc(C)c2ccccc2c1=O. The minimum Gasteiger partial charge on any atom is -0.344 e. The van der Waals surface area contributed by atoms with Gasteiger partial charge in [-0.1, -0.05) is 18.2 Å². The fourth-order valence-corrected chi connectivity index (χ4v) is 3.49. The minimum atomic E-state index is -0.235. The third kappa shape index (κ3) is 3.61. The third-order valence-electron chi connectivity index (χ3n) is 4.28. The van der Waals surface area contributed by atoms with Crippen molar-refractivity contribution in [3.05, 3.63) is 56.4 Å². The zero-order chi connectivity index (χ0) is 18.0. The van der Waals surface area contributed by atoms with Gasteiger partial charge in [0.2, 0.25) is 5.91 Å². The van der Waals surface area contributed by atoms with E-state index < -0.39 is 0 Å². The topological polar surface area (TPSA) is 68.1 Å². The average Bonchev–Trinajstić information content (AvgIpc) is 3.02. The van der Waals surface area contributed by atoms with Crippen LogP contribution in [-0.4, -0.2) is 39.2 Å². The van der Waals surface area contributed by atoms with Crippen LogP contribution in [0.5, 0.6) is 0 Å². The van der Waals surface area contributed by atoms with Crippen LogP contribution >= 0.6 is 11.3 Å². The fourth-order valence-electron chi connectivity index (χ4n) is 2.72. The predicted octanol–water partition coefficient (Wildman–Crippen LogP) is 2.17. The zero-order valence-corrected chi connectivity index (χ0v) is 15.3. The van der Waals surface area contributed by atoms with Gasteiger partial charge < -0.3 is 4.90 Å². The largest absolute Gasteiger partial charge is 0.344 e. The fraction of sp³-hybridized carbons (Fsp3) is 0.333. The number of carbonyl (C=O) groups excluding carboxylic acids is 1. The summed E-state index contributed by atoms with van der Waals surface area (Å²) >= 11 is 1.60. The summed E-state index contributed by atoms with van der Waals surface area (Å²) in [5.41, 5.74) is 3.33. The van der Waals surface area contributed by atoms with E-state index in [2.05, 4.69) is 10.1 Å². The quantitative estimate of drug-likeness (QED) is 0.703. The van der Waals surface area contributed by atoms with Gasteiger partial charge in [0.05, 0.1) is 22.3 Å². The highest BCUT2D eigenvalue weighted by Crippen LogP contribution is 2.13. The number of hydrogen-bond donors (Lipinski definition) is 0. The Hall–Kier alpha value is -2.54. The van der Waals surface area contributed by atoms with Crippen molar-refractivity contribution in [1.82, 2.24) is 19.7 Å². The molecule has 0 saturated heterocycles. The maximum absolute atomic E-state index is 12.6. The van der Waals surface area contributed by atoms with E-state index in [-0.39, 0.29) is 18.0 Å². The number of thiazole rings is 1. The van der Waals surface area contributed by atoms with Crippen LogP contribution in [0, 0.1) is 13.8 Å². The molecular weight excluding hydrogens is 336 g/mol. The molecule has 0 spiro atoms. The summed E-state index contributed by atoms with van der Waals surface area (Å²) in [7, 11) is 1.75. The minimum absolute atomic E-state index is 0.0529. The van der Waals surface area contributed by atoms with E-state index in [9.17, 15) is 9.59 Å². The monoisotopic (exact) mass is 356 g/mol. The van der Waals surface area contributed by atoms with Crippen molar-refractivity contribution in [2.45, 2.75) is 26.8 Å². The Morgan fingerprint density at radius 2 is 1.92 bits per heavy atom. The summed E-state index contributed by atoms with van der Waals surface area (Å²) in [6.45, 7) is 4.35. The van der Waals surface area contributed by atoms with Crippen molar-refractivity contribution in [2.24, 2.45) is 0 Å². The van der Waals surface area contributed by atoms with Crippen molar-refractivity contribution in [3.63, 3.8) is 0 Å². The number of amides is 1. The lowest BCUT2D eigenvalue weighted by atomic mass is 10.1. The van der Waals surface area contributed by atoms with Gasteiger partial charge in [-0.2, -0.15) is 5.10 Å². The maximum Gasteiger partial charge on any atom is 0.275 e. The Morgan fingerprint density at radius 1 is 1.20 bits per heavy atom. The molecule has 6 nitrogen and oxygen atoms in total. The molecule has 25 heavy (non-hydrogen) atoms. The highest BCUT2D eigenvalue weighted by atomic mass is 32.1. The molecule has 0 N–H and O–H groups in total. The number of benzene rings is 1. The van der Waals surface area contributed by atoms with Crippen LogP contribution in [-0.2, 0) is 17.8 Å². The molecule has 2 heterocycles. The first kappa shape index (κ1) is 17.3. The Balaban J connectivity index is 1.74. The highest BCUT2D eigenvalue weighted by molar-refractivity contribution is 7.09. The molecule has 0 aliphatic rings. The van der Waals surface area contributed by atoms with E-state index in [0.717, 1.165) is 23.2 Å². The first-order chi connectivity index (χ1) is 12.0. The molecule has 0 saturated carbocycles. The zero-order valence-electron chi connectivity index (χ0n) is 14.5. The summed E-state index contributed by atoms with van der Waals surface area (Å²) < 4.78 is 1.26. The normalized spacial score (nSPS) is 11.0. The van der Waals surface area contributed by atoms with Crippen molar-refractivity contribution < 1.29 is 4.79 Å². The van der Waals surface area contributed by atoms with E-state index in [1.54, 1.807) is 29.4 Å². The molecule has 3 aromatic rings. The summed E-state index contributed by atoms with van der Waals surface area (Å²) in [4.78, 5) is 32.1. The average molecular weight is 356 g/mol. The lowest BCUT2D eigenvalue weighted by molar-refractivity contribution is -0.130. The molecule has 0 unspecified atom stereocenters. The van der Waals surface area contributed by atoms with Crippen LogP contribution in [0.25, 0.3) is 10.8 Å². The van der Waals surface area contributed by atoms with Crippen molar-refractivity contribution in [2.75, 3.05) is 13.6 Å². The van der Waals surface area contributed by atoms with Crippen LogP contribution in [0.2, 0.25) is 0 Å². The summed E-state index contributed by atoms with van der Waals surface area (Å²) in [5, 5.41) is 5.71. The van der Waals surface area contributed by atoms with Crippen molar-refractivity contribution >= 4 is 28.0 Å². The van der Waals surface area contributed by atoms with E-state index in [1.165, 1.54) is 9.56 Å². The van der Waals surface area contributed by atoms with E-state index in [4.69, 9.17) is 0 Å². The number of rotatable bonds is 5. The van der Waals surface area contributed by atoms with Gasteiger partial charge in [-0.25, -0.2) is 9.67 Å². The van der Waals surface area contributed by atoms with Crippen LogP contribution in [0.1, 0.15) is 16.3 Å². The Bertz CT molecular complexity index is 977. The van der Waals surface area contributed by atoms with Gasteiger partial charge in [0.1, 0.15) is 6.54 Å². The van der Waals surface area contributed by atoms with E-state index >= 15 is 0 Å². The number of hydrogen-bond acceptors (Lipinski definition) is 5. The number of aromatic nitrogens is 3. The molecule has 0 atom stereocenters. The second kappa shape index (κ2) is 7.14. The molecule has 3 rings (SSSR count). The molecule has 1 amide bonds. The summed E-state index contributed by atoms with van der Waals surface area (Å²) in [5.74, 6) is -0.133. The molecule has 7 heteroatoms. The second-order valence-electron chi connectivity index (χ2n) is 6.02. The molecule has 0 bridgehead atoms. The molecule has 0 aliphatic heterocycles. The number of likely N-dealkylation sites (N-methyl/N-ethyl adjacent to an activating group) is 1. The first-order valence-electron chi connectivity index (χ1n) is 8.06. The van der Waals surface area contributed by atoms with Crippen LogP contribution < -0.4 is 5.56 Å². The van der Waals surface area contributed by atoms with Crippen LogP contribution in [0.4, 0.5) is 0 Å². The van der Waals surface area contributed by atoms with Gasteiger partial charge in [0.25, 0.3) is 5.56 Å². The maximum atomic E-state index is 12.6. The third-order valence-corrected chi connectivity index (χ3v) is 5.28. The standard InChI is InChI=1S/C18H20N4O2S/c1-12-14-6-4-5-7-15(14)18(24)22(20-12)10-17(23)21(3)9-8-16-13(2)19-11-25-16/h4-7,11H,8-10H2,1-3H3. The first-order valence-corrected chi connectivity index (χ1v) is 8.94. The van der Waals surface area contributed by atoms with E-state index in [1.807, 2.05) is 37.6 Å². The lowest BCUT2D eigenvalue weighted by Crippen LogP contribution is -2.36. The molecule has 2 aromatic heterocycles. The van der Waals surface area contributed by atoms with Gasteiger partial charge in [-0.05, 0) is 19.9 Å². The Labute approximate surface area is 149 Å². The van der Waals surface area contributed by atoms with Crippen LogP contribution in [0.3, 0.4) is 0 Å².